The van der Waals surface area contributed by atoms with Crippen LogP contribution in [-0.2, 0) is 21.3 Å². The molecule has 10 rings (SSSR count). The molecule has 56 heavy (non-hydrogen) atoms. The number of rotatable bonds is 4. The van der Waals surface area contributed by atoms with E-state index < -0.39 is 0 Å². The van der Waals surface area contributed by atoms with Crippen molar-refractivity contribution in [2.75, 3.05) is 0 Å². The minimum absolute atomic E-state index is 0. The van der Waals surface area contributed by atoms with Crippen LogP contribution in [0.3, 0.4) is 0 Å². The molecule has 5 heterocycles. The van der Waals surface area contributed by atoms with Crippen LogP contribution in [0.25, 0.3) is 22.3 Å². The van der Waals surface area contributed by atoms with Crippen molar-refractivity contribution in [2.45, 2.75) is 0 Å². The third-order valence-electron chi connectivity index (χ3n) is 10.1. The predicted octanol–water partition coefficient (Wildman–Crippen LogP) is 6.16. The number of nitrogens with zero attached hydrogens (tertiary/aromatic N) is 3. The van der Waals surface area contributed by atoms with Crippen LogP contribution >= 0.6 is 0 Å². The molecule has 1 N–H and O–H groups in total. The van der Waals surface area contributed by atoms with E-state index in [9.17, 15) is 6.17 Å². The number of ketones is 1. The average Bonchev–Trinajstić information content (AvgIpc) is 4.07. The quantitative estimate of drug-likeness (QED) is 0.173. The first-order valence-corrected chi connectivity index (χ1v) is 18.2. The van der Waals surface area contributed by atoms with Crippen LogP contribution in [0, 0.1) is 0 Å². The van der Waals surface area contributed by atoms with Gasteiger partial charge in [-0.25, -0.2) is 4.99 Å². The largest absolute Gasteiger partial charge is 2.00 e. The number of carbonyl (C=O) groups is 1. The molecular weight excluding hydrogens is 731 g/mol. The van der Waals surface area contributed by atoms with Crippen LogP contribution in [0.15, 0.2) is 210 Å². The Bertz CT molecular complexity index is 3120. The normalized spacial score (nSPS) is 20.5. The minimum atomic E-state index is -0.185. The van der Waals surface area contributed by atoms with E-state index >= 15 is 0 Å². The third kappa shape index (κ3) is 6.16. The van der Waals surface area contributed by atoms with E-state index in [2.05, 4.69) is 41.4 Å². The minimum Gasteiger partial charge on any atom is -0.657 e. The first-order valence-electron chi connectivity index (χ1n) is 18.7. The smallest absolute Gasteiger partial charge is 0.657 e. The van der Waals surface area contributed by atoms with E-state index in [0.717, 1.165) is 61.1 Å². The van der Waals surface area contributed by atoms with Crippen LogP contribution in [-0.4, -0.2) is 16.5 Å². The van der Waals surface area contributed by atoms with Gasteiger partial charge in [0, 0.05) is 22.5 Å². The Morgan fingerprint density at radius 3 is 1.36 bits per heavy atom. The molecule has 0 fully saturated rings. The van der Waals surface area contributed by atoms with E-state index in [1.165, 1.54) is 0 Å². The molecule has 0 unspecified atom stereocenters. The maximum atomic E-state index is 13.7. The second-order valence-electron chi connectivity index (χ2n) is 13.5. The Hall–Kier alpha value is -7.01. The van der Waals surface area contributed by atoms with Gasteiger partial charge in [-0.3, -0.25) is 4.79 Å². The van der Waals surface area contributed by atoms with Crippen LogP contribution in [0.5, 0.6) is 0 Å². The van der Waals surface area contributed by atoms with Gasteiger partial charge in [0.05, 0.1) is 12.8 Å². The monoisotopic (exact) mass is 763 g/mol. The average molecular weight is 765 g/mol. The molecule has 6 heteroatoms. The van der Waals surface area contributed by atoms with Crippen molar-refractivity contribution in [1.82, 2.24) is 15.0 Å². The summed E-state index contributed by atoms with van der Waals surface area (Å²) in [6.07, 6.45) is 6.89. The summed E-state index contributed by atoms with van der Waals surface area (Å²) < 4.78 is 9.95. The van der Waals surface area contributed by atoms with E-state index in [1.54, 1.807) is 18.2 Å². The second kappa shape index (κ2) is 14.7. The predicted molar refractivity (Wildman–Crippen MR) is 219 cm³/mol. The SMILES string of the molecule is [2H]/C1=C2N=C(/C(c3ccccc3)=c3/cc/c([n-]3)=C(\c3ccccc3)c3ccc([nH]3)/C(c3ccccc3)=c3/cc/c([n-]3)=C/2c2ccccc2)\C1=C1/C=CC=CC1=O.[Ni+2]. The number of allylic oxidation sites excluding steroid dienone is 8. The Morgan fingerprint density at radius 1 is 0.464 bits per heavy atom. The molecule has 3 aromatic heterocycles. The zero-order chi connectivity index (χ0) is 37.6. The number of aliphatic imine (C=N–C) groups is 1. The number of aromatic nitrogens is 3. The molecular formula is C50H32N4NiO. The number of hydrogen-bond acceptors (Lipinski definition) is 2. The Morgan fingerprint density at radius 2 is 0.875 bits per heavy atom. The maximum absolute atomic E-state index is 13.7. The van der Waals surface area contributed by atoms with Gasteiger partial charge < -0.3 is 15.0 Å². The molecule has 0 saturated carbocycles. The van der Waals surface area contributed by atoms with Crippen LogP contribution in [0.1, 0.15) is 35.0 Å². The van der Waals surface area contributed by atoms with Crippen LogP contribution in [0.2, 0.25) is 0 Å². The van der Waals surface area contributed by atoms with Gasteiger partial charge in [0.2, 0.25) is 0 Å². The molecule has 0 spiro atoms. The fourth-order valence-corrected chi connectivity index (χ4v) is 7.62. The summed E-state index contributed by atoms with van der Waals surface area (Å²) in [5.74, 6) is -0.185. The van der Waals surface area contributed by atoms with Crippen molar-refractivity contribution >= 4 is 33.8 Å². The molecule has 5 nitrogen and oxygen atoms in total. The first-order chi connectivity index (χ1) is 27.6. The van der Waals surface area contributed by atoms with Gasteiger partial charge in [0.15, 0.2) is 5.78 Å². The fraction of sp³-hybridized carbons (Fsp3) is 0. The molecule has 0 amide bonds. The number of aromatic amines is 1. The van der Waals surface area contributed by atoms with E-state index in [1.807, 2.05) is 127 Å². The van der Waals surface area contributed by atoms with Gasteiger partial charge in [0.25, 0.3) is 0 Å². The van der Waals surface area contributed by atoms with E-state index in [0.29, 0.717) is 38.8 Å². The van der Waals surface area contributed by atoms with Crippen molar-refractivity contribution in [3.8, 4) is 0 Å². The third-order valence-corrected chi connectivity index (χ3v) is 10.1. The van der Waals surface area contributed by atoms with Crippen molar-refractivity contribution < 1.29 is 22.7 Å². The fourth-order valence-electron chi connectivity index (χ4n) is 7.62. The summed E-state index contributed by atoms with van der Waals surface area (Å²) in [5.41, 5.74) is 10.7. The van der Waals surface area contributed by atoms with Crippen LogP contribution < -0.4 is 31.4 Å². The molecule has 3 aliphatic rings. The number of hydrogen-bond donors (Lipinski definition) is 1. The zero-order valence-electron chi connectivity index (χ0n) is 30.9. The number of benzene rings is 4. The van der Waals surface area contributed by atoms with Crippen LogP contribution in [0.4, 0.5) is 0 Å². The molecule has 7 aromatic rings. The number of fused-ring (bicyclic) bond motifs is 7. The molecule has 0 radical (unpaired) electrons. The number of H-pyrrole nitrogens is 1. The summed E-state index contributed by atoms with van der Waals surface area (Å²) in [4.78, 5) is 33.6. The van der Waals surface area contributed by atoms with Gasteiger partial charge in [-0.2, -0.15) is 0 Å². The zero-order valence-corrected chi connectivity index (χ0v) is 30.9. The number of nitrogens with one attached hydrogen (secondary N) is 1. The molecule has 8 bridgehead atoms. The first kappa shape index (κ1) is 33.6. The molecule has 268 valence electrons. The van der Waals surface area contributed by atoms with Crippen molar-refractivity contribution in [3.63, 3.8) is 0 Å². The van der Waals surface area contributed by atoms with Crippen molar-refractivity contribution in [1.29, 1.82) is 0 Å². The number of carbonyl (C=O) groups excluding carboxylic acids is 1. The summed E-state index contributed by atoms with van der Waals surface area (Å²) in [6.45, 7) is 0. The summed E-state index contributed by atoms with van der Waals surface area (Å²) in [7, 11) is 0. The Balaban J connectivity index is 0.00000422. The van der Waals surface area contributed by atoms with E-state index in [-0.39, 0.29) is 28.3 Å². The molecule has 2 aliphatic heterocycles. The molecule has 1 aliphatic carbocycles. The second-order valence-corrected chi connectivity index (χ2v) is 13.5. The Labute approximate surface area is 334 Å². The molecule has 0 saturated heterocycles. The maximum Gasteiger partial charge on any atom is 2.00 e. The van der Waals surface area contributed by atoms with Gasteiger partial charge in [0.1, 0.15) is 0 Å². The Kier molecular flexibility index (Phi) is 8.79. The summed E-state index contributed by atoms with van der Waals surface area (Å²) in [5, 5.41) is 2.90. The van der Waals surface area contributed by atoms with Crippen molar-refractivity contribution in [3.05, 3.63) is 260 Å². The van der Waals surface area contributed by atoms with E-state index in [4.69, 9.17) is 15.0 Å². The standard InChI is InChI=1S/C50H33N4O.Ni/c55-45-24-14-13-23-36(45)37-31-44-48(34-19-9-3-10-20-34)42-28-27-40(52-42)46(32-15-5-1-6-16-32)38-25-26-39(51-38)47(33-17-7-2-8-18-33)41-29-30-43(53-41)49(50(37)54-44)35-21-11-4-12-22-35;/h1-31H,(H2-,51,52,53,54,55);/q-1;+2/p-1/b46-38?,46-40-,47-39?,47-41-,48-42-,48-44?,49-43-,50-49?;/i31D;. The molecule has 0 atom stereocenters. The summed E-state index contributed by atoms with van der Waals surface area (Å²) in [6, 6.07) is 53.0. The topological polar surface area (TPSA) is 73.4 Å². The van der Waals surface area contributed by atoms with Gasteiger partial charge in [-0.05, 0) is 68.8 Å². The van der Waals surface area contributed by atoms with Crippen molar-refractivity contribution in [2.24, 2.45) is 4.99 Å². The van der Waals surface area contributed by atoms with Gasteiger partial charge >= 0.3 is 16.5 Å². The van der Waals surface area contributed by atoms with Gasteiger partial charge in [-0.1, -0.05) is 164 Å². The molecule has 4 aromatic carbocycles. The van der Waals surface area contributed by atoms with Gasteiger partial charge in [-0.15, -0.1) is 21.4 Å². The summed E-state index contributed by atoms with van der Waals surface area (Å²) >= 11 is 0.